The normalized spacial score (nSPS) is 34.8. The molecule has 244 valence electrons. The second kappa shape index (κ2) is 11.8. The summed E-state index contributed by atoms with van der Waals surface area (Å²) in [5.74, 6) is 2.50. The number of benzene rings is 1. The largest absolute Gasteiger partial charge is 0.303 e. The fourth-order valence-electron chi connectivity index (χ4n) is 12.7. The molecule has 5 unspecified atom stereocenters. The molecule has 2 saturated carbocycles. The van der Waals surface area contributed by atoms with E-state index in [-0.39, 0.29) is 5.41 Å². The van der Waals surface area contributed by atoms with Crippen LogP contribution in [0.2, 0.25) is 0 Å². The third kappa shape index (κ3) is 4.71. The van der Waals surface area contributed by atoms with Crippen molar-refractivity contribution in [2.45, 2.75) is 160 Å². The average Bonchev–Trinajstić information content (AvgIpc) is 3.36. The third-order valence-corrected chi connectivity index (χ3v) is 14.8. The topological polar surface area (TPSA) is 12.0 Å². The maximum atomic E-state index is 4.33. The zero-order valence-electron chi connectivity index (χ0n) is 29.1. The Kier molecular flexibility index (Phi) is 7.68. The van der Waals surface area contributed by atoms with Gasteiger partial charge in [-0.15, -0.1) is 0 Å². The number of allylic oxidation sites excluding steroid dienone is 7. The van der Waals surface area contributed by atoms with E-state index < -0.39 is 0 Å². The van der Waals surface area contributed by atoms with E-state index in [4.69, 9.17) is 0 Å². The van der Waals surface area contributed by atoms with Gasteiger partial charge in [0.15, 0.2) is 0 Å². The first-order valence-corrected chi connectivity index (χ1v) is 20.0. The zero-order chi connectivity index (χ0) is 30.9. The first-order valence-electron chi connectivity index (χ1n) is 20.0. The van der Waals surface area contributed by atoms with E-state index in [2.05, 4.69) is 61.7 Å². The summed E-state index contributed by atoms with van der Waals surface area (Å²) >= 11 is 0. The van der Waals surface area contributed by atoms with E-state index in [1.807, 2.05) is 16.7 Å². The van der Waals surface area contributed by atoms with Crippen molar-refractivity contribution in [2.24, 2.45) is 23.2 Å². The molecule has 0 amide bonds. The van der Waals surface area contributed by atoms with Crippen LogP contribution >= 0.6 is 0 Å². The molecule has 1 N–H and O–H groups in total. The summed E-state index contributed by atoms with van der Waals surface area (Å²) < 4.78 is 0. The van der Waals surface area contributed by atoms with Crippen LogP contribution in [0.1, 0.15) is 165 Å². The molecule has 7 aliphatic carbocycles. The molecule has 1 heterocycles. The van der Waals surface area contributed by atoms with Crippen LogP contribution in [-0.4, -0.2) is 6.04 Å². The summed E-state index contributed by atoms with van der Waals surface area (Å²) in [7, 11) is 0. The molecule has 9 rings (SSSR count). The second-order valence-corrected chi connectivity index (χ2v) is 17.4. The molecule has 2 fully saturated rings. The van der Waals surface area contributed by atoms with Crippen LogP contribution in [-0.2, 0) is 5.41 Å². The maximum absolute atomic E-state index is 4.33. The smallest absolute Gasteiger partial charge is 0.0360 e. The molecule has 1 aromatic carbocycles. The average molecular weight is 614 g/mol. The van der Waals surface area contributed by atoms with Gasteiger partial charge in [-0.3, -0.25) is 0 Å². The molecule has 0 aromatic heterocycles. The molecule has 0 radical (unpaired) electrons. The molecule has 46 heavy (non-hydrogen) atoms. The van der Waals surface area contributed by atoms with Crippen molar-refractivity contribution in [2.75, 3.05) is 0 Å². The molecule has 5 atom stereocenters. The van der Waals surface area contributed by atoms with Crippen LogP contribution in [0, 0.1) is 23.2 Å². The Hall–Kier alpha value is -2.12. The third-order valence-electron chi connectivity index (χ3n) is 14.8. The van der Waals surface area contributed by atoms with Gasteiger partial charge in [0.05, 0.1) is 0 Å². The molecule has 1 aromatic rings. The van der Waals surface area contributed by atoms with E-state index in [9.17, 15) is 0 Å². The number of hydrogen-bond donors (Lipinski definition) is 1. The van der Waals surface area contributed by atoms with E-state index in [1.165, 1.54) is 122 Å². The number of fused-ring (bicyclic) bond motifs is 8. The van der Waals surface area contributed by atoms with Crippen molar-refractivity contribution >= 4 is 5.57 Å². The Morgan fingerprint density at radius 2 is 1.54 bits per heavy atom. The van der Waals surface area contributed by atoms with Crippen LogP contribution in [0.3, 0.4) is 0 Å². The Balaban J connectivity index is 1.12. The zero-order valence-corrected chi connectivity index (χ0v) is 29.1. The van der Waals surface area contributed by atoms with Crippen molar-refractivity contribution < 1.29 is 0 Å². The van der Waals surface area contributed by atoms with Gasteiger partial charge in [-0.05, 0) is 172 Å². The van der Waals surface area contributed by atoms with Gasteiger partial charge >= 0.3 is 0 Å². The van der Waals surface area contributed by atoms with Gasteiger partial charge in [0, 0.05) is 17.5 Å². The van der Waals surface area contributed by atoms with Gasteiger partial charge in [0.25, 0.3) is 0 Å². The predicted octanol–water partition coefficient (Wildman–Crippen LogP) is 12.2. The molecule has 1 aliphatic heterocycles. The lowest BCUT2D eigenvalue weighted by Gasteiger charge is -2.45. The van der Waals surface area contributed by atoms with Gasteiger partial charge in [0.1, 0.15) is 0 Å². The van der Waals surface area contributed by atoms with Gasteiger partial charge < -0.3 is 5.32 Å². The molecule has 0 saturated heterocycles. The minimum absolute atomic E-state index is 0.166. The quantitative estimate of drug-likeness (QED) is 0.334. The molecular weight excluding hydrogens is 555 g/mol. The summed E-state index contributed by atoms with van der Waals surface area (Å²) in [6.07, 6.45) is 37.8. The second-order valence-electron chi connectivity index (χ2n) is 17.4. The van der Waals surface area contributed by atoms with Crippen LogP contribution < -0.4 is 5.32 Å². The lowest BCUT2D eigenvalue weighted by Crippen LogP contribution is -2.35. The molecule has 0 bridgehead atoms. The number of hydrogen-bond acceptors (Lipinski definition) is 1. The number of rotatable bonds is 3. The van der Waals surface area contributed by atoms with Crippen LogP contribution in [0.4, 0.5) is 0 Å². The lowest BCUT2D eigenvalue weighted by molar-refractivity contribution is 0.169. The Morgan fingerprint density at radius 1 is 0.717 bits per heavy atom. The first-order chi connectivity index (χ1) is 22.5. The Bertz CT molecular complexity index is 1530. The van der Waals surface area contributed by atoms with Gasteiger partial charge in [-0.25, -0.2) is 0 Å². The predicted molar refractivity (Wildman–Crippen MR) is 194 cm³/mol. The van der Waals surface area contributed by atoms with Crippen molar-refractivity contribution in [3.8, 4) is 0 Å². The Morgan fingerprint density at radius 3 is 2.35 bits per heavy atom. The highest BCUT2D eigenvalue weighted by Gasteiger charge is 2.61. The summed E-state index contributed by atoms with van der Waals surface area (Å²) in [6, 6.07) is 8.77. The summed E-state index contributed by atoms with van der Waals surface area (Å²) in [5.41, 5.74) is 16.2. The minimum Gasteiger partial charge on any atom is -0.303 e. The van der Waals surface area contributed by atoms with E-state index in [0.717, 1.165) is 24.2 Å². The molecule has 1 nitrogen and oxygen atoms in total. The summed E-state index contributed by atoms with van der Waals surface area (Å²) in [5, 5.41) is 4.33. The van der Waals surface area contributed by atoms with Crippen LogP contribution in [0.25, 0.3) is 5.57 Å². The van der Waals surface area contributed by atoms with E-state index in [1.54, 1.807) is 33.4 Å². The lowest BCUT2D eigenvalue weighted by atomic mass is 9.59. The van der Waals surface area contributed by atoms with Gasteiger partial charge in [-0.2, -0.15) is 0 Å². The van der Waals surface area contributed by atoms with Crippen molar-refractivity contribution in [1.29, 1.82) is 0 Å². The molecule has 8 aliphatic rings. The fourth-order valence-corrected chi connectivity index (χ4v) is 12.7. The maximum Gasteiger partial charge on any atom is 0.0360 e. The van der Waals surface area contributed by atoms with Crippen molar-refractivity contribution in [1.82, 2.24) is 5.32 Å². The summed E-state index contributed by atoms with van der Waals surface area (Å²) in [4.78, 5) is 0. The summed E-state index contributed by atoms with van der Waals surface area (Å²) in [6.45, 7) is 5.15. The fraction of sp³-hybridized carbons (Fsp3) is 0.644. The standard InChI is InChI=1S/C45H59N/c1-44(2)37-23-20-33(40-25-21-32(30-14-6-3-7-15-30)29-41(46-40)31-16-8-4-9-17-31)28-36(37)42-39(44)24-22-35-34-18-10-11-19-38(34)45(43(35)42)26-12-5-13-27-45/h14,16,19-21,23,28,34-35,40-41,43,46H,3-13,15,17-18,22,24-27,29H2,1-2H3. The van der Waals surface area contributed by atoms with Crippen LogP contribution in [0.15, 0.2) is 70.4 Å². The van der Waals surface area contributed by atoms with Gasteiger partial charge in [0.2, 0.25) is 0 Å². The highest BCUT2D eigenvalue weighted by atomic mass is 15.0. The van der Waals surface area contributed by atoms with Crippen molar-refractivity contribution in [3.63, 3.8) is 0 Å². The van der Waals surface area contributed by atoms with Crippen LogP contribution in [0.5, 0.6) is 0 Å². The van der Waals surface area contributed by atoms with Gasteiger partial charge in [-0.1, -0.05) is 86.3 Å². The van der Waals surface area contributed by atoms with E-state index in [0.29, 0.717) is 17.5 Å². The molecule has 1 heteroatoms. The minimum atomic E-state index is 0.166. The Labute approximate surface area is 280 Å². The van der Waals surface area contributed by atoms with Crippen molar-refractivity contribution in [3.05, 3.63) is 87.1 Å². The van der Waals surface area contributed by atoms with E-state index >= 15 is 0 Å². The monoisotopic (exact) mass is 613 g/mol. The highest BCUT2D eigenvalue weighted by Crippen LogP contribution is 2.71. The number of nitrogens with one attached hydrogen (secondary N) is 1. The molecular formula is C45H59N. The molecule has 1 spiro atoms. The first kappa shape index (κ1) is 30.0. The highest BCUT2D eigenvalue weighted by molar-refractivity contribution is 5.84. The SMILES string of the molecule is CC1(C)C2=C(c3cc(C4CC=C(C5=CCCCC5)CC(C5=CCCCC5)N4)ccc31)C1C(CC2)C2CCCC=C2C12CCCCC2.